The van der Waals surface area contributed by atoms with Gasteiger partial charge < -0.3 is 0 Å². The highest BCUT2D eigenvalue weighted by Gasteiger charge is 2.33. The van der Waals surface area contributed by atoms with Gasteiger partial charge in [-0.25, -0.2) is 0 Å². The summed E-state index contributed by atoms with van der Waals surface area (Å²) in [6.07, 6.45) is 3.12. The Bertz CT molecular complexity index is 580. The Balaban J connectivity index is 2.76. The minimum atomic E-state index is -0.800. The third-order valence-electron chi connectivity index (χ3n) is 5.44. The van der Waals surface area contributed by atoms with E-state index in [1.165, 1.54) is 19.4 Å². The number of Topliss-reactive ketones (excluding diaryl/α,β-unsaturated/α-hetero) is 4. The van der Waals surface area contributed by atoms with Gasteiger partial charge in [0.05, 0.1) is 18.3 Å². The zero-order valence-electron chi connectivity index (χ0n) is 15.8. The lowest BCUT2D eigenvalue weighted by Gasteiger charge is -2.34. The first-order valence-corrected chi connectivity index (χ1v) is 8.75. The Morgan fingerprint density at radius 2 is 1.54 bits per heavy atom. The summed E-state index contributed by atoms with van der Waals surface area (Å²) in [7, 11) is 0. The van der Waals surface area contributed by atoms with E-state index in [4.69, 9.17) is 0 Å². The smallest absolute Gasteiger partial charge is 0.150 e. The van der Waals surface area contributed by atoms with Crippen LogP contribution < -0.4 is 0 Å². The van der Waals surface area contributed by atoms with Crippen LogP contribution in [-0.4, -0.2) is 23.1 Å². The molecular formula is C20H30O4. The number of allylic oxidation sites excluding steroid dienone is 2. The van der Waals surface area contributed by atoms with E-state index in [1.807, 2.05) is 0 Å². The van der Waals surface area contributed by atoms with Crippen molar-refractivity contribution in [2.24, 2.45) is 17.3 Å². The van der Waals surface area contributed by atoms with Crippen molar-refractivity contribution in [3.63, 3.8) is 0 Å². The molecule has 1 aliphatic rings. The van der Waals surface area contributed by atoms with Crippen LogP contribution in [-0.2, 0) is 19.2 Å². The van der Waals surface area contributed by atoms with Crippen molar-refractivity contribution in [2.45, 2.75) is 73.6 Å². The molecule has 0 radical (unpaired) electrons. The van der Waals surface area contributed by atoms with Crippen LogP contribution in [0.1, 0.15) is 73.6 Å². The fourth-order valence-corrected chi connectivity index (χ4v) is 3.28. The molecule has 0 amide bonds. The van der Waals surface area contributed by atoms with Gasteiger partial charge in [-0.3, -0.25) is 19.2 Å². The van der Waals surface area contributed by atoms with Crippen molar-refractivity contribution < 1.29 is 19.2 Å². The summed E-state index contributed by atoms with van der Waals surface area (Å²) in [5.74, 6) is -2.75. The fraction of sp³-hybridized carbons (Fsp3) is 0.700. The molecule has 1 rings (SSSR count). The SMILES string of the molecule is CC(=O)C(C)C(=O)CC(=O)C(C)C(=O)CC1=C(C)CCCC1(C)C. The molecule has 0 heterocycles. The molecule has 4 nitrogen and oxygen atoms in total. The molecule has 2 unspecified atom stereocenters. The van der Waals surface area contributed by atoms with Crippen LogP contribution in [0.15, 0.2) is 11.1 Å². The molecule has 1 aliphatic carbocycles. The van der Waals surface area contributed by atoms with Crippen molar-refractivity contribution in [1.29, 1.82) is 0 Å². The highest BCUT2D eigenvalue weighted by molar-refractivity contribution is 6.13. The average molecular weight is 334 g/mol. The van der Waals surface area contributed by atoms with Crippen LogP contribution in [0.25, 0.3) is 0 Å². The molecule has 4 heteroatoms. The maximum atomic E-state index is 12.5. The lowest BCUT2D eigenvalue weighted by molar-refractivity contribution is -0.136. The normalized spacial score (nSPS) is 19.6. The molecule has 2 atom stereocenters. The van der Waals surface area contributed by atoms with Gasteiger partial charge in [-0.05, 0) is 52.4 Å². The van der Waals surface area contributed by atoms with E-state index in [1.54, 1.807) is 6.92 Å². The van der Waals surface area contributed by atoms with Crippen LogP contribution in [0.5, 0.6) is 0 Å². The average Bonchev–Trinajstić information content (AvgIpc) is 2.48. The molecular weight excluding hydrogens is 304 g/mol. The Morgan fingerprint density at radius 3 is 2.04 bits per heavy atom. The highest BCUT2D eigenvalue weighted by atomic mass is 16.2. The lowest BCUT2D eigenvalue weighted by atomic mass is 9.70. The standard InChI is InChI=1S/C20H30O4/c1-12-8-7-9-20(5,6)16(12)10-17(22)14(3)19(24)11-18(23)13(2)15(4)21/h13-14H,7-11H2,1-6H3. The predicted molar refractivity (Wildman–Crippen MR) is 93.6 cm³/mol. The van der Waals surface area contributed by atoms with E-state index in [9.17, 15) is 19.2 Å². The van der Waals surface area contributed by atoms with Crippen LogP contribution in [0.4, 0.5) is 0 Å². The third-order valence-corrected chi connectivity index (χ3v) is 5.44. The Labute approximate surface area is 145 Å². The molecule has 0 saturated carbocycles. The van der Waals surface area contributed by atoms with Crippen molar-refractivity contribution >= 4 is 23.1 Å². The van der Waals surface area contributed by atoms with Crippen LogP contribution in [0.2, 0.25) is 0 Å². The van der Waals surface area contributed by atoms with E-state index in [-0.39, 0.29) is 35.6 Å². The van der Waals surface area contributed by atoms with Crippen molar-refractivity contribution in [2.75, 3.05) is 0 Å². The molecule has 0 aliphatic heterocycles. The number of hydrogen-bond acceptors (Lipinski definition) is 4. The second-order valence-corrected chi connectivity index (χ2v) is 7.80. The Morgan fingerprint density at radius 1 is 1.00 bits per heavy atom. The molecule has 0 aromatic rings. The second-order valence-electron chi connectivity index (χ2n) is 7.80. The van der Waals surface area contributed by atoms with Crippen LogP contribution >= 0.6 is 0 Å². The first kappa shape index (κ1) is 20.5. The van der Waals surface area contributed by atoms with Crippen LogP contribution in [0, 0.1) is 17.3 Å². The molecule has 0 aromatic heterocycles. The summed E-state index contributed by atoms with van der Waals surface area (Å²) in [5, 5.41) is 0. The van der Waals surface area contributed by atoms with Crippen molar-refractivity contribution in [1.82, 2.24) is 0 Å². The molecule has 24 heavy (non-hydrogen) atoms. The first-order chi connectivity index (χ1) is 11.0. The van der Waals surface area contributed by atoms with E-state index in [0.29, 0.717) is 0 Å². The summed E-state index contributed by atoms with van der Waals surface area (Å²) < 4.78 is 0. The van der Waals surface area contributed by atoms with E-state index >= 15 is 0 Å². The predicted octanol–water partition coefficient (Wildman–Crippen LogP) is 3.86. The molecule has 0 bridgehead atoms. The molecule has 0 N–H and O–H groups in total. The van der Waals surface area contributed by atoms with Gasteiger partial charge in [0.2, 0.25) is 0 Å². The number of hydrogen-bond donors (Lipinski definition) is 0. The summed E-state index contributed by atoms with van der Waals surface area (Å²) in [6.45, 7) is 10.8. The largest absolute Gasteiger partial charge is 0.299 e. The maximum absolute atomic E-state index is 12.5. The molecule has 0 aromatic carbocycles. The summed E-state index contributed by atoms with van der Waals surface area (Å²) >= 11 is 0. The van der Waals surface area contributed by atoms with Gasteiger partial charge in [0.15, 0.2) is 0 Å². The molecule has 0 fully saturated rings. The number of rotatable bonds is 8. The van der Waals surface area contributed by atoms with E-state index < -0.39 is 17.6 Å². The monoisotopic (exact) mass is 334 g/mol. The van der Waals surface area contributed by atoms with E-state index in [0.717, 1.165) is 24.8 Å². The minimum Gasteiger partial charge on any atom is -0.299 e. The topological polar surface area (TPSA) is 68.3 Å². The molecule has 134 valence electrons. The van der Waals surface area contributed by atoms with Crippen molar-refractivity contribution in [3.8, 4) is 0 Å². The Hall–Kier alpha value is -1.58. The second kappa shape index (κ2) is 8.00. The Kier molecular flexibility index (Phi) is 6.82. The zero-order valence-corrected chi connectivity index (χ0v) is 15.8. The number of carbonyl (C=O) groups is 4. The first-order valence-electron chi connectivity index (χ1n) is 8.75. The summed E-state index contributed by atoms with van der Waals surface area (Å²) in [5.41, 5.74) is 2.38. The fourth-order valence-electron chi connectivity index (χ4n) is 3.28. The van der Waals surface area contributed by atoms with Gasteiger partial charge in [0, 0.05) is 6.42 Å². The van der Waals surface area contributed by atoms with E-state index in [2.05, 4.69) is 20.8 Å². The maximum Gasteiger partial charge on any atom is 0.150 e. The highest BCUT2D eigenvalue weighted by Crippen LogP contribution is 2.42. The molecule has 0 spiro atoms. The van der Waals surface area contributed by atoms with Crippen molar-refractivity contribution in [3.05, 3.63) is 11.1 Å². The van der Waals surface area contributed by atoms with Gasteiger partial charge in [0.1, 0.15) is 23.1 Å². The minimum absolute atomic E-state index is 0.0142. The molecule has 0 saturated heterocycles. The summed E-state index contributed by atoms with van der Waals surface area (Å²) in [4.78, 5) is 47.9. The third kappa shape index (κ3) is 4.96. The van der Waals surface area contributed by atoms with Gasteiger partial charge in [0.25, 0.3) is 0 Å². The number of carbonyl (C=O) groups excluding carboxylic acids is 4. The lowest BCUT2D eigenvalue weighted by Crippen LogP contribution is -2.29. The number of ketones is 4. The van der Waals surface area contributed by atoms with Gasteiger partial charge in [-0.2, -0.15) is 0 Å². The van der Waals surface area contributed by atoms with Gasteiger partial charge >= 0.3 is 0 Å². The summed E-state index contributed by atoms with van der Waals surface area (Å²) in [6, 6.07) is 0. The van der Waals surface area contributed by atoms with Gasteiger partial charge in [-0.15, -0.1) is 0 Å². The zero-order chi connectivity index (χ0) is 18.7. The van der Waals surface area contributed by atoms with Crippen LogP contribution in [0.3, 0.4) is 0 Å². The quantitative estimate of drug-likeness (QED) is 0.499. The van der Waals surface area contributed by atoms with Gasteiger partial charge in [-0.1, -0.05) is 25.0 Å².